The first-order valence-electron chi connectivity index (χ1n) is 6.87. The fourth-order valence-corrected chi connectivity index (χ4v) is 3.06. The number of anilines is 1. The molecule has 0 unspecified atom stereocenters. The molecule has 7 heteroatoms. The van der Waals surface area contributed by atoms with E-state index in [0.29, 0.717) is 11.1 Å². The van der Waals surface area contributed by atoms with Crippen LogP contribution < -0.4 is 10.3 Å². The Balaban J connectivity index is 2.24. The normalized spacial score (nSPS) is 11.6. The van der Waals surface area contributed by atoms with Gasteiger partial charge >= 0.3 is 0 Å². The average molecular weight is 329 g/mol. The zero-order valence-corrected chi connectivity index (χ0v) is 13.5. The Hall–Kier alpha value is -2.67. The summed E-state index contributed by atoms with van der Waals surface area (Å²) in [4.78, 5) is 16.3. The van der Waals surface area contributed by atoms with Crippen LogP contribution >= 0.6 is 0 Å². The maximum atomic E-state index is 12.2. The molecule has 0 bridgehead atoms. The summed E-state index contributed by atoms with van der Waals surface area (Å²) in [6.45, 7) is 0. The van der Waals surface area contributed by atoms with Gasteiger partial charge in [0.2, 0.25) is 10.0 Å². The van der Waals surface area contributed by atoms with Crippen molar-refractivity contribution in [1.82, 2.24) is 9.55 Å². The van der Waals surface area contributed by atoms with Crippen molar-refractivity contribution < 1.29 is 8.42 Å². The van der Waals surface area contributed by atoms with E-state index in [-0.39, 0.29) is 5.56 Å². The fourth-order valence-electron chi connectivity index (χ4n) is 2.50. The Morgan fingerprint density at radius 3 is 2.70 bits per heavy atom. The van der Waals surface area contributed by atoms with Gasteiger partial charge in [-0.15, -0.1) is 0 Å². The van der Waals surface area contributed by atoms with Gasteiger partial charge in [0.1, 0.15) is 0 Å². The van der Waals surface area contributed by atoms with Gasteiger partial charge in [0, 0.05) is 42.3 Å². The molecule has 3 rings (SSSR count). The number of hydrogen-bond donors (Lipinski definition) is 1. The van der Waals surface area contributed by atoms with E-state index in [4.69, 9.17) is 0 Å². The fraction of sp³-hybridized carbons (Fsp3) is 0.125. The Bertz CT molecular complexity index is 1060. The minimum atomic E-state index is -3.35. The van der Waals surface area contributed by atoms with Gasteiger partial charge in [0.05, 0.1) is 11.6 Å². The van der Waals surface area contributed by atoms with Crippen LogP contribution in [-0.4, -0.2) is 24.2 Å². The number of sulfonamides is 1. The number of hydrogen-bond acceptors (Lipinski definition) is 4. The Kier molecular flexibility index (Phi) is 3.65. The van der Waals surface area contributed by atoms with Crippen LogP contribution in [0, 0.1) is 0 Å². The molecule has 0 saturated carbocycles. The van der Waals surface area contributed by atoms with E-state index in [1.807, 2.05) is 6.07 Å². The first-order valence-corrected chi connectivity index (χ1v) is 8.76. The predicted octanol–water partition coefficient (Wildman–Crippen LogP) is 1.97. The van der Waals surface area contributed by atoms with Crippen LogP contribution in [0.25, 0.3) is 21.9 Å². The largest absolute Gasteiger partial charge is 0.317 e. The smallest absolute Gasteiger partial charge is 0.258 e. The first-order chi connectivity index (χ1) is 10.8. The van der Waals surface area contributed by atoms with E-state index >= 15 is 0 Å². The SMILES string of the molecule is Cn1cc(-c2cccc(NS(C)(=O)=O)c2)c2cnccc2c1=O. The summed E-state index contributed by atoms with van der Waals surface area (Å²) in [5, 5.41) is 1.30. The molecule has 0 aliphatic carbocycles. The second-order valence-corrected chi connectivity index (χ2v) is 7.08. The highest BCUT2D eigenvalue weighted by Crippen LogP contribution is 2.28. The maximum absolute atomic E-state index is 12.2. The lowest BCUT2D eigenvalue weighted by Crippen LogP contribution is -2.16. The quantitative estimate of drug-likeness (QED) is 0.796. The third-order valence-corrected chi connectivity index (χ3v) is 4.07. The summed E-state index contributed by atoms with van der Waals surface area (Å²) in [6.07, 6.45) is 6.05. The van der Waals surface area contributed by atoms with Gasteiger partial charge in [-0.3, -0.25) is 14.5 Å². The Morgan fingerprint density at radius 1 is 1.17 bits per heavy atom. The molecule has 2 heterocycles. The summed E-state index contributed by atoms with van der Waals surface area (Å²) in [5.41, 5.74) is 1.98. The number of aromatic nitrogens is 2. The minimum absolute atomic E-state index is 0.100. The highest BCUT2D eigenvalue weighted by atomic mass is 32.2. The second-order valence-electron chi connectivity index (χ2n) is 5.34. The zero-order valence-electron chi connectivity index (χ0n) is 12.6. The van der Waals surface area contributed by atoms with E-state index in [1.54, 1.807) is 49.9 Å². The molecule has 0 aliphatic rings. The van der Waals surface area contributed by atoms with Crippen LogP contribution in [-0.2, 0) is 17.1 Å². The molecule has 0 spiro atoms. The summed E-state index contributed by atoms with van der Waals surface area (Å²) < 4.78 is 26.7. The molecule has 0 aliphatic heterocycles. The van der Waals surface area contributed by atoms with E-state index in [9.17, 15) is 13.2 Å². The molecule has 3 aromatic rings. The summed E-state index contributed by atoms with van der Waals surface area (Å²) in [7, 11) is -1.67. The number of nitrogens with one attached hydrogen (secondary N) is 1. The maximum Gasteiger partial charge on any atom is 0.258 e. The number of benzene rings is 1. The van der Waals surface area contributed by atoms with Crippen LogP contribution in [0.5, 0.6) is 0 Å². The van der Waals surface area contributed by atoms with Crippen molar-refractivity contribution in [3.8, 4) is 11.1 Å². The number of rotatable bonds is 3. The monoisotopic (exact) mass is 329 g/mol. The van der Waals surface area contributed by atoms with Gasteiger partial charge in [0.15, 0.2) is 0 Å². The molecular weight excluding hydrogens is 314 g/mol. The van der Waals surface area contributed by atoms with Crippen molar-refractivity contribution in [3.63, 3.8) is 0 Å². The van der Waals surface area contributed by atoms with Crippen molar-refractivity contribution >= 4 is 26.5 Å². The molecule has 0 radical (unpaired) electrons. The molecule has 23 heavy (non-hydrogen) atoms. The van der Waals surface area contributed by atoms with Crippen molar-refractivity contribution in [3.05, 3.63) is 59.3 Å². The Morgan fingerprint density at radius 2 is 1.96 bits per heavy atom. The van der Waals surface area contributed by atoms with Gasteiger partial charge in [-0.05, 0) is 23.8 Å². The third-order valence-electron chi connectivity index (χ3n) is 3.46. The lowest BCUT2D eigenvalue weighted by molar-refractivity contribution is 0.607. The van der Waals surface area contributed by atoms with E-state index < -0.39 is 10.0 Å². The van der Waals surface area contributed by atoms with Gasteiger partial charge in [-0.1, -0.05) is 12.1 Å². The van der Waals surface area contributed by atoms with E-state index in [0.717, 1.165) is 22.8 Å². The number of aryl methyl sites for hydroxylation is 1. The van der Waals surface area contributed by atoms with Gasteiger partial charge in [-0.2, -0.15) is 0 Å². The standard InChI is InChI=1S/C16H15N3O3S/c1-19-10-15(14-9-17-7-6-13(14)16(19)20)11-4-3-5-12(8-11)18-23(2,21)22/h3-10,18H,1-2H3. The van der Waals surface area contributed by atoms with Crippen molar-refractivity contribution in [2.24, 2.45) is 7.05 Å². The molecule has 6 nitrogen and oxygen atoms in total. The van der Waals surface area contributed by atoms with Gasteiger partial charge in [0.25, 0.3) is 5.56 Å². The topological polar surface area (TPSA) is 81.1 Å². The summed E-state index contributed by atoms with van der Waals surface area (Å²) in [5.74, 6) is 0. The number of fused-ring (bicyclic) bond motifs is 1. The highest BCUT2D eigenvalue weighted by molar-refractivity contribution is 7.92. The second kappa shape index (κ2) is 5.51. The van der Waals surface area contributed by atoms with Crippen molar-refractivity contribution in [2.45, 2.75) is 0 Å². The summed E-state index contributed by atoms with van der Waals surface area (Å²) >= 11 is 0. The molecule has 1 N–H and O–H groups in total. The molecule has 0 amide bonds. The molecule has 2 aromatic heterocycles. The van der Waals surface area contributed by atoms with Crippen LogP contribution in [0.15, 0.2) is 53.7 Å². The van der Waals surface area contributed by atoms with Gasteiger partial charge in [-0.25, -0.2) is 8.42 Å². The lowest BCUT2D eigenvalue weighted by Gasteiger charge is -2.11. The van der Waals surface area contributed by atoms with E-state index in [2.05, 4.69) is 9.71 Å². The zero-order chi connectivity index (χ0) is 16.6. The van der Waals surface area contributed by atoms with E-state index in [1.165, 1.54) is 4.57 Å². The molecule has 0 atom stereocenters. The molecule has 1 aromatic carbocycles. The van der Waals surface area contributed by atoms with Crippen LogP contribution in [0.2, 0.25) is 0 Å². The minimum Gasteiger partial charge on any atom is -0.317 e. The predicted molar refractivity (Wildman–Crippen MR) is 90.9 cm³/mol. The van der Waals surface area contributed by atoms with Crippen molar-refractivity contribution in [1.29, 1.82) is 0 Å². The van der Waals surface area contributed by atoms with Crippen LogP contribution in [0.3, 0.4) is 0 Å². The Labute approximate surface area is 133 Å². The van der Waals surface area contributed by atoms with Crippen LogP contribution in [0.1, 0.15) is 0 Å². The molecular formula is C16H15N3O3S. The van der Waals surface area contributed by atoms with Gasteiger partial charge < -0.3 is 4.57 Å². The molecule has 0 saturated heterocycles. The number of nitrogens with zero attached hydrogens (tertiary/aromatic N) is 2. The average Bonchev–Trinajstić information content (AvgIpc) is 2.49. The molecule has 118 valence electrons. The first kappa shape index (κ1) is 15.2. The number of pyridine rings is 2. The highest BCUT2D eigenvalue weighted by Gasteiger charge is 2.10. The summed E-state index contributed by atoms with van der Waals surface area (Å²) in [6, 6.07) is 8.70. The lowest BCUT2D eigenvalue weighted by atomic mass is 10.0. The van der Waals surface area contributed by atoms with Crippen LogP contribution in [0.4, 0.5) is 5.69 Å². The third kappa shape index (κ3) is 3.09. The molecule has 0 fully saturated rings. The van der Waals surface area contributed by atoms with Crippen molar-refractivity contribution in [2.75, 3.05) is 11.0 Å².